The van der Waals surface area contributed by atoms with Crippen LogP contribution in [-0.2, 0) is 6.42 Å². The van der Waals surface area contributed by atoms with E-state index < -0.39 is 23.9 Å². The Morgan fingerprint density at radius 1 is 1.05 bits per heavy atom. The first kappa shape index (κ1) is 32.2. The molecule has 0 aliphatic rings. The quantitative estimate of drug-likeness (QED) is 0.266. The number of amides is 2. The van der Waals surface area contributed by atoms with Gasteiger partial charge in [0.25, 0.3) is 11.8 Å². The second kappa shape index (κ2) is 16.2. The van der Waals surface area contributed by atoms with E-state index in [0.717, 1.165) is 31.4 Å². The van der Waals surface area contributed by atoms with Crippen molar-refractivity contribution in [1.29, 1.82) is 0 Å². The number of nitrogens with one attached hydrogen (secondary N) is 2. The van der Waals surface area contributed by atoms with Crippen LogP contribution < -0.4 is 15.4 Å². The maximum absolute atomic E-state index is 14.4. The Kier molecular flexibility index (Phi) is 13.4. The number of aryl methyl sites for hydroxylation is 1. The Morgan fingerprint density at radius 3 is 2.31 bits per heavy atom. The largest absolute Gasteiger partial charge is 0.494 e. The second-order valence-corrected chi connectivity index (χ2v) is 10.6. The third kappa shape index (κ3) is 10.3. The Morgan fingerprint density at radius 2 is 1.72 bits per heavy atom. The SMILES string of the molecule is CCCN(CCC)C(=O)c1cc(C)cc(C(=O)N[C@@H](Cc2ccc(OC)c(F)c2)[C@H](O)CNCCC(C)C)c1. The van der Waals surface area contributed by atoms with E-state index in [0.29, 0.717) is 35.7 Å². The Labute approximate surface area is 233 Å². The molecule has 0 aliphatic carbocycles. The van der Waals surface area contributed by atoms with Crippen molar-refractivity contribution >= 4 is 11.8 Å². The molecule has 39 heavy (non-hydrogen) atoms. The topological polar surface area (TPSA) is 90.9 Å². The Bertz CT molecular complexity index is 1070. The number of rotatable bonds is 16. The molecule has 0 spiro atoms. The van der Waals surface area contributed by atoms with Crippen molar-refractivity contribution in [2.24, 2.45) is 5.92 Å². The zero-order chi connectivity index (χ0) is 28.9. The number of carbonyl (C=O) groups excluding carboxylic acids is 2. The van der Waals surface area contributed by atoms with Crippen molar-refractivity contribution < 1.29 is 23.8 Å². The Hall–Kier alpha value is -2.97. The lowest BCUT2D eigenvalue weighted by atomic mass is 9.99. The van der Waals surface area contributed by atoms with Crippen LogP contribution in [-0.4, -0.2) is 67.3 Å². The molecule has 2 atom stereocenters. The van der Waals surface area contributed by atoms with Crippen LogP contribution in [0.4, 0.5) is 4.39 Å². The van der Waals surface area contributed by atoms with Crippen molar-refractivity contribution in [1.82, 2.24) is 15.5 Å². The van der Waals surface area contributed by atoms with E-state index in [1.54, 1.807) is 24.3 Å². The molecule has 0 bridgehead atoms. The number of aliphatic hydroxyl groups is 1. The highest BCUT2D eigenvalue weighted by atomic mass is 19.1. The summed E-state index contributed by atoms with van der Waals surface area (Å²) < 4.78 is 19.4. The monoisotopic (exact) mass is 543 g/mol. The van der Waals surface area contributed by atoms with Crippen molar-refractivity contribution in [3.63, 3.8) is 0 Å². The minimum atomic E-state index is -0.915. The average Bonchev–Trinajstić information content (AvgIpc) is 2.89. The number of hydrogen-bond donors (Lipinski definition) is 3. The molecule has 0 aromatic heterocycles. The molecule has 0 saturated carbocycles. The number of benzene rings is 2. The molecule has 216 valence electrons. The Balaban J connectivity index is 2.27. The van der Waals surface area contributed by atoms with Crippen molar-refractivity contribution in [2.75, 3.05) is 33.3 Å². The van der Waals surface area contributed by atoms with Gasteiger partial charge in [0.05, 0.1) is 19.3 Å². The average molecular weight is 544 g/mol. The molecule has 0 saturated heterocycles. The first-order chi connectivity index (χ1) is 18.6. The van der Waals surface area contributed by atoms with E-state index in [1.807, 2.05) is 25.7 Å². The molecule has 0 unspecified atom stereocenters. The van der Waals surface area contributed by atoms with Gasteiger partial charge in [0.15, 0.2) is 11.6 Å². The summed E-state index contributed by atoms with van der Waals surface area (Å²) >= 11 is 0. The van der Waals surface area contributed by atoms with Crippen LogP contribution in [0.5, 0.6) is 5.75 Å². The molecule has 2 amide bonds. The molecule has 0 heterocycles. The summed E-state index contributed by atoms with van der Waals surface area (Å²) in [6.07, 6.45) is 1.96. The fourth-order valence-electron chi connectivity index (χ4n) is 4.48. The van der Waals surface area contributed by atoms with E-state index >= 15 is 0 Å². The van der Waals surface area contributed by atoms with Gasteiger partial charge in [-0.15, -0.1) is 0 Å². The normalized spacial score (nSPS) is 12.7. The number of halogens is 1. The highest BCUT2D eigenvalue weighted by molar-refractivity contribution is 6.00. The highest BCUT2D eigenvalue weighted by Gasteiger charge is 2.24. The molecule has 2 aromatic carbocycles. The second-order valence-electron chi connectivity index (χ2n) is 10.6. The standard InChI is InChI=1S/C31H46FN3O4/c1-7-13-35(14-8-2)31(38)25-16-22(5)15-24(19-25)30(37)34-27(28(36)20-33-12-11-21(3)4)18-23-9-10-29(39-6)26(32)17-23/h9-10,15-17,19,21,27-28,33,36H,7-8,11-14,18,20H2,1-6H3,(H,34,37)/t27-,28+/m0/s1. The number of hydrogen-bond acceptors (Lipinski definition) is 5. The smallest absolute Gasteiger partial charge is 0.253 e. The summed E-state index contributed by atoms with van der Waals surface area (Å²) in [5, 5.41) is 17.2. The van der Waals surface area contributed by atoms with Gasteiger partial charge in [0, 0.05) is 30.8 Å². The van der Waals surface area contributed by atoms with Gasteiger partial charge in [-0.05, 0) is 86.5 Å². The zero-order valence-corrected chi connectivity index (χ0v) is 24.4. The van der Waals surface area contributed by atoms with Crippen molar-refractivity contribution in [3.05, 3.63) is 64.5 Å². The lowest BCUT2D eigenvalue weighted by Crippen LogP contribution is -2.49. The van der Waals surface area contributed by atoms with E-state index in [2.05, 4.69) is 24.5 Å². The predicted molar refractivity (Wildman–Crippen MR) is 154 cm³/mol. The van der Waals surface area contributed by atoms with Crippen LogP contribution >= 0.6 is 0 Å². The van der Waals surface area contributed by atoms with Gasteiger partial charge in [-0.2, -0.15) is 0 Å². The van der Waals surface area contributed by atoms with Gasteiger partial charge in [0.1, 0.15) is 0 Å². The van der Waals surface area contributed by atoms with Gasteiger partial charge in [0.2, 0.25) is 0 Å². The number of carbonyl (C=O) groups is 2. The van der Waals surface area contributed by atoms with Crippen LogP contribution in [0.1, 0.15) is 78.8 Å². The maximum atomic E-state index is 14.4. The van der Waals surface area contributed by atoms with E-state index in [1.165, 1.54) is 19.2 Å². The number of aliphatic hydroxyl groups excluding tert-OH is 1. The number of methoxy groups -OCH3 is 1. The molecule has 2 aromatic rings. The molecule has 8 heteroatoms. The minimum Gasteiger partial charge on any atom is -0.494 e. The molecular weight excluding hydrogens is 497 g/mol. The molecule has 7 nitrogen and oxygen atoms in total. The van der Waals surface area contributed by atoms with Gasteiger partial charge in [-0.1, -0.05) is 33.8 Å². The molecule has 0 radical (unpaired) electrons. The minimum absolute atomic E-state index is 0.101. The third-order valence-electron chi connectivity index (χ3n) is 6.57. The molecular formula is C31H46FN3O4. The van der Waals surface area contributed by atoms with Crippen LogP contribution in [0.2, 0.25) is 0 Å². The fourth-order valence-corrected chi connectivity index (χ4v) is 4.48. The number of nitrogens with zero attached hydrogens (tertiary/aromatic N) is 1. The summed E-state index contributed by atoms with van der Waals surface area (Å²) in [4.78, 5) is 28.4. The van der Waals surface area contributed by atoms with Crippen LogP contribution in [0.3, 0.4) is 0 Å². The highest BCUT2D eigenvalue weighted by Crippen LogP contribution is 2.20. The van der Waals surface area contributed by atoms with E-state index in [9.17, 15) is 19.1 Å². The first-order valence-corrected chi connectivity index (χ1v) is 14.0. The van der Waals surface area contributed by atoms with Crippen LogP contribution in [0, 0.1) is 18.7 Å². The lowest BCUT2D eigenvalue weighted by molar-refractivity contribution is 0.0755. The molecule has 2 rings (SSSR count). The van der Waals surface area contributed by atoms with E-state index in [-0.39, 0.29) is 24.6 Å². The maximum Gasteiger partial charge on any atom is 0.253 e. The summed E-state index contributed by atoms with van der Waals surface area (Å²) in [6, 6.07) is 9.06. The van der Waals surface area contributed by atoms with Gasteiger partial charge >= 0.3 is 0 Å². The molecule has 3 N–H and O–H groups in total. The van der Waals surface area contributed by atoms with Gasteiger partial charge < -0.3 is 25.4 Å². The predicted octanol–water partition coefficient (Wildman–Crippen LogP) is 4.74. The van der Waals surface area contributed by atoms with Crippen LogP contribution in [0.15, 0.2) is 36.4 Å². The summed E-state index contributed by atoms with van der Waals surface area (Å²) in [5.74, 6) is -0.347. The number of ether oxygens (including phenoxy) is 1. The first-order valence-electron chi connectivity index (χ1n) is 14.0. The lowest BCUT2D eigenvalue weighted by Gasteiger charge is -2.26. The third-order valence-corrected chi connectivity index (χ3v) is 6.57. The van der Waals surface area contributed by atoms with E-state index in [4.69, 9.17) is 4.74 Å². The zero-order valence-electron chi connectivity index (χ0n) is 24.4. The van der Waals surface area contributed by atoms with Crippen LogP contribution in [0.25, 0.3) is 0 Å². The van der Waals surface area contributed by atoms with Crippen molar-refractivity contribution in [2.45, 2.75) is 72.4 Å². The van der Waals surface area contributed by atoms with Gasteiger partial charge in [-0.25, -0.2) is 4.39 Å². The summed E-state index contributed by atoms with van der Waals surface area (Å²) in [7, 11) is 1.40. The summed E-state index contributed by atoms with van der Waals surface area (Å²) in [6.45, 7) is 12.5. The molecule has 0 aliphatic heterocycles. The van der Waals surface area contributed by atoms with Gasteiger partial charge in [-0.3, -0.25) is 9.59 Å². The molecule has 0 fully saturated rings. The van der Waals surface area contributed by atoms with Crippen molar-refractivity contribution in [3.8, 4) is 5.75 Å². The fraction of sp³-hybridized carbons (Fsp3) is 0.548. The summed E-state index contributed by atoms with van der Waals surface area (Å²) in [5.41, 5.74) is 2.22.